The molecule has 1 aromatic carbocycles. The number of hydrogen-bond acceptors (Lipinski definition) is 9. The summed E-state index contributed by atoms with van der Waals surface area (Å²) in [5.41, 5.74) is 0.918. The van der Waals surface area contributed by atoms with Crippen LogP contribution < -0.4 is 0 Å². The summed E-state index contributed by atoms with van der Waals surface area (Å²) in [5, 5.41) is 0.325. The summed E-state index contributed by atoms with van der Waals surface area (Å²) < 4.78 is 35.2. The van der Waals surface area contributed by atoms with E-state index in [0.29, 0.717) is 12.3 Å². The molecule has 8 atom stereocenters. The molecule has 101 heavy (non-hydrogen) atoms. The third-order valence-corrected chi connectivity index (χ3v) is 37.8. The minimum Gasteiger partial charge on any atom is -0.458 e. The van der Waals surface area contributed by atoms with Gasteiger partial charge in [0, 0.05) is 32.1 Å². The van der Waals surface area contributed by atoms with Gasteiger partial charge in [0.15, 0.2) is 25.0 Å². The Morgan fingerprint density at radius 2 is 0.663 bits per heavy atom. The summed E-state index contributed by atoms with van der Waals surface area (Å²) in [4.78, 5) is 34.9. The van der Waals surface area contributed by atoms with Gasteiger partial charge in [-0.25, -0.2) is 4.79 Å². The summed E-state index contributed by atoms with van der Waals surface area (Å²) in [5.74, 6) is -0.715. The molecule has 0 aliphatic heterocycles. The van der Waals surface area contributed by atoms with Crippen molar-refractivity contribution < 1.29 is 32.3 Å². The number of carbonyl (C=O) groups is 2. The molecule has 1 aromatic rings. The van der Waals surface area contributed by atoms with Crippen LogP contribution >= 0.6 is 0 Å². The van der Waals surface area contributed by atoms with Crippen LogP contribution in [0.5, 0.6) is 0 Å². The molecule has 0 radical (unpaired) electrons. The van der Waals surface area contributed by atoms with Gasteiger partial charge in [0.05, 0.1) is 24.2 Å². The van der Waals surface area contributed by atoms with Crippen LogP contribution in [0, 0.1) is 23.7 Å². The Bertz CT molecular complexity index is 2090. The Kier molecular flexibility index (Phi) is 53.2. The highest BCUT2D eigenvalue weighted by molar-refractivity contribution is 6.75. The minimum atomic E-state index is -2.13. The molecular formula is C89H176N2O7Si3. The number of nitrogens with zero attached hydrogens (tertiary/aromatic N) is 2. The van der Waals surface area contributed by atoms with Crippen molar-refractivity contribution in [2.24, 2.45) is 23.7 Å². The highest BCUT2D eigenvalue weighted by Gasteiger charge is 2.43. The average molecular weight is 1470 g/mol. The Labute approximate surface area is 634 Å². The van der Waals surface area contributed by atoms with Gasteiger partial charge in [-0.3, -0.25) is 9.69 Å². The first-order chi connectivity index (χ1) is 47.6. The van der Waals surface area contributed by atoms with Crippen LogP contribution in [-0.4, -0.2) is 110 Å². The molecule has 0 spiro atoms. The number of esters is 2. The summed E-state index contributed by atoms with van der Waals surface area (Å²) in [7, 11) is -6.29. The predicted octanol–water partition coefficient (Wildman–Crippen LogP) is 27.6. The second-order valence-electron chi connectivity index (χ2n) is 37.2. The lowest BCUT2D eigenvalue weighted by molar-refractivity contribution is -0.175. The van der Waals surface area contributed by atoms with Gasteiger partial charge in [-0.15, -0.1) is 0 Å². The zero-order chi connectivity index (χ0) is 75.8. The summed E-state index contributed by atoms with van der Waals surface area (Å²) in [6.07, 6.45) is 49.5. The molecule has 0 aromatic heterocycles. The molecule has 0 saturated carbocycles. The first kappa shape index (κ1) is 97.6. The lowest BCUT2D eigenvalue weighted by Crippen LogP contribution is -2.50. The van der Waals surface area contributed by atoms with Crippen LogP contribution in [0.15, 0.2) is 30.3 Å². The average Bonchev–Trinajstić information content (AvgIpc) is 0.840. The van der Waals surface area contributed by atoms with Crippen molar-refractivity contribution in [3.8, 4) is 0 Å². The lowest BCUT2D eigenvalue weighted by Gasteiger charge is -2.43. The zero-order valence-electron chi connectivity index (χ0n) is 72.0. The van der Waals surface area contributed by atoms with E-state index >= 15 is 0 Å². The zero-order valence-corrected chi connectivity index (χ0v) is 75.0. The first-order valence-electron chi connectivity index (χ1n) is 43.5. The van der Waals surface area contributed by atoms with Gasteiger partial charge in [-0.05, 0) is 136 Å². The molecule has 0 fully saturated rings. The van der Waals surface area contributed by atoms with Gasteiger partial charge in [0.1, 0.15) is 6.61 Å². The van der Waals surface area contributed by atoms with Crippen LogP contribution in [0.3, 0.4) is 0 Å². The fourth-order valence-corrected chi connectivity index (χ4v) is 17.9. The van der Waals surface area contributed by atoms with Crippen molar-refractivity contribution in [2.75, 3.05) is 39.3 Å². The van der Waals surface area contributed by atoms with Crippen molar-refractivity contribution >= 4 is 36.9 Å². The lowest BCUT2D eigenvalue weighted by atomic mass is 9.91. The van der Waals surface area contributed by atoms with Gasteiger partial charge in [-0.1, -0.05) is 354 Å². The van der Waals surface area contributed by atoms with E-state index in [1.54, 1.807) is 0 Å². The Hall–Kier alpha value is -1.39. The topological polar surface area (TPSA) is 86.8 Å². The van der Waals surface area contributed by atoms with Crippen molar-refractivity contribution in [1.29, 1.82) is 0 Å². The largest absolute Gasteiger partial charge is 0.458 e. The molecule has 0 aliphatic rings. The molecule has 0 heterocycles. The number of ether oxygens (including phenoxy) is 2. The third-order valence-electron chi connectivity index (χ3n) is 24.2. The van der Waals surface area contributed by atoms with E-state index in [-0.39, 0.29) is 63.8 Å². The molecule has 8 unspecified atom stereocenters. The number of unbranched alkanes of at least 4 members (excludes halogenated alkanes) is 28. The van der Waals surface area contributed by atoms with Crippen LogP contribution in [0.2, 0.25) is 54.4 Å². The Morgan fingerprint density at radius 1 is 0.366 bits per heavy atom. The molecule has 0 bridgehead atoms. The Morgan fingerprint density at radius 3 is 0.990 bits per heavy atom. The second kappa shape index (κ2) is 55.1. The molecule has 596 valence electrons. The first-order valence-corrected chi connectivity index (χ1v) is 52.3. The van der Waals surface area contributed by atoms with E-state index in [9.17, 15) is 9.59 Å². The fraction of sp³-hybridized carbons (Fsp3) is 0.910. The Balaban J connectivity index is 3.67. The molecule has 1 rings (SSSR count). The quantitative estimate of drug-likeness (QED) is 0.0360. The molecule has 12 heteroatoms. The maximum atomic E-state index is 14.8. The second-order valence-corrected chi connectivity index (χ2v) is 51.4. The summed E-state index contributed by atoms with van der Waals surface area (Å²) in [6.45, 7) is 59.8. The van der Waals surface area contributed by atoms with E-state index in [2.05, 4.69) is 160 Å². The summed E-state index contributed by atoms with van der Waals surface area (Å²) >= 11 is 0. The van der Waals surface area contributed by atoms with Crippen LogP contribution in [0.25, 0.3) is 0 Å². The maximum absolute atomic E-state index is 14.8. The van der Waals surface area contributed by atoms with Crippen LogP contribution in [-0.2, 0) is 38.9 Å². The van der Waals surface area contributed by atoms with E-state index in [1.165, 1.54) is 212 Å². The normalized spacial score (nSPS) is 15.4. The minimum absolute atomic E-state index is 0.0696. The van der Waals surface area contributed by atoms with Crippen LogP contribution in [0.4, 0.5) is 0 Å². The molecule has 0 aliphatic carbocycles. The van der Waals surface area contributed by atoms with Gasteiger partial charge < -0.3 is 27.7 Å². The molecular weight excluding hydrogens is 1290 g/mol. The number of benzene rings is 1. The highest BCUT2D eigenvalue weighted by atomic mass is 28.4. The molecule has 0 amide bonds. The van der Waals surface area contributed by atoms with Gasteiger partial charge in [-0.2, -0.15) is 0 Å². The smallest absolute Gasteiger partial charge is 0.348 e. The van der Waals surface area contributed by atoms with Gasteiger partial charge in [0.2, 0.25) is 6.10 Å². The predicted molar refractivity (Wildman–Crippen MR) is 449 cm³/mol. The van der Waals surface area contributed by atoms with E-state index in [1.807, 2.05) is 37.3 Å². The van der Waals surface area contributed by atoms with Gasteiger partial charge >= 0.3 is 11.9 Å². The van der Waals surface area contributed by atoms with Crippen molar-refractivity contribution in [3.05, 3.63) is 35.9 Å². The standard InChI is InChI=1S/C89H176N2O7Si3/c1-24-28-32-36-40-44-48-53-61-76(5)71-90(72-81(96-99(18,19)87(9,10)11)66-56-49-45-41-37-33-29-25-2)69-59-62-77(6)79(8)85(92)95-84(86(93)94-75-80-64-54-52-55-65-80)78(7)63-60-70-91(73-82(97-100(20,21)88(12,13)14)67-57-50-46-42-38-34-30-26-3)74-83(98-101(22,23)89(15,16)17)68-58-51-47-43-39-35-31-27-4/h52,54-55,64-65,76-79,81-84H,24-51,53,56-63,66-75H2,1-23H3. The fourth-order valence-electron chi connectivity index (χ4n) is 13.7. The van der Waals surface area contributed by atoms with Crippen LogP contribution in [0.1, 0.15) is 380 Å². The molecule has 9 nitrogen and oxygen atoms in total. The van der Waals surface area contributed by atoms with Gasteiger partial charge in [0.25, 0.3) is 0 Å². The van der Waals surface area contributed by atoms with E-state index in [0.717, 1.165) is 83.4 Å². The SMILES string of the molecule is CCCCCCCCCCC(C)CN(CCCC(C)C(C)C(=O)OC(C(=O)OCc1ccccc1)C(C)CCCN(CC(CCCCCCCCCC)O[Si](C)(C)C(C)(C)C)CC(CCCCCCCCCC)O[Si](C)(C)C(C)(C)C)CC(CCCCCCCCCC)O[Si](C)(C)C(C)(C)C. The highest BCUT2D eigenvalue weighted by Crippen LogP contribution is 2.41. The number of carbonyl (C=O) groups excluding carboxylic acids is 2. The number of rotatable bonds is 65. The van der Waals surface area contributed by atoms with Crippen molar-refractivity contribution in [2.45, 2.75) is 460 Å². The van der Waals surface area contributed by atoms with E-state index < -0.39 is 37.0 Å². The third kappa shape index (κ3) is 45.9. The monoisotopic (exact) mass is 1470 g/mol. The van der Waals surface area contributed by atoms with Crippen molar-refractivity contribution in [3.63, 3.8) is 0 Å². The maximum Gasteiger partial charge on any atom is 0.348 e. The van der Waals surface area contributed by atoms with E-state index in [4.69, 9.17) is 22.8 Å². The molecule has 0 saturated heterocycles. The number of hydrogen-bond donors (Lipinski definition) is 0. The van der Waals surface area contributed by atoms with Crippen molar-refractivity contribution in [1.82, 2.24) is 9.80 Å². The summed E-state index contributed by atoms with van der Waals surface area (Å²) in [6, 6.07) is 9.91. The molecule has 0 N–H and O–H groups in total.